The number of ether oxygens (including phenoxy) is 2. The first-order chi connectivity index (χ1) is 8.61. The lowest BCUT2D eigenvalue weighted by Crippen LogP contribution is -2.31. The van der Waals surface area contributed by atoms with E-state index >= 15 is 0 Å². The SMILES string of the molecule is CCC(O)CNC(=O)c1cc(Cl)c2c(c1)OCO2. The number of fused-ring (bicyclic) bond motifs is 1. The zero-order valence-electron chi connectivity index (χ0n) is 9.90. The predicted molar refractivity (Wildman–Crippen MR) is 66.2 cm³/mol. The van der Waals surface area contributed by atoms with Crippen LogP contribution in [0.1, 0.15) is 23.7 Å². The van der Waals surface area contributed by atoms with Crippen molar-refractivity contribution < 1.29 is 19.4 Å². The molecular weight excluding hydrogens is 258 g/mol. The second-order valence-corrected chi connectivity index (χ2v) is 4.37. The molecule has 0 radical (unpaired) electrons. The number of hydrogen-bond acceptors (Lipinski definition) is 4. The Morgan fingerprint density at radius 3 is 3.06 bits per heavy atom. The van der Waals surface area contributed by atoms with Crippen molar-refractivity contribution in [3.8, 4) is 11.5 Å². The standard InChI is InChI=1S/C12H14ClNO4/c1-2-8(15)5-14-12(16)7-3-9(13)11-10(4-7)17-6-18-11/h3-4,8,15H,2,5-6H2,1H3,(H,14,16). The van der Waals surface area contributed by atoms with Crippen molar-refractivity contribution in [3.63, 3.8) is 0 Å². The zero-order valence-corrected chi connectivity index (χ0v) is 10.7. The van der Waals surface area contributed by atoms with E-state index in [1.165, 1.54) is 6.07 Å². The topological polar surface area (TPSA) is 67.8 Å². The van der Waals surface area contributed by atoms with Gasteiger partial charge in [-0.05, 0) is 18.6 Å². The number of hydrogen-bond donors (Lipinski definition) is 2. The summed E-state index contributed by atoms with van der Waals surface area (Å²) in [5.41, 5.74) is 0.382. The summed E-state index contributed by atoms with van der Waals surface area (Å²) in [6.45, 7) is 2.16. The van der Waals surface area contributed by atoms with Crippen molar-refractivity contribution in [2.45, 2.75) is 19.4 Å². The highest BCUT2D eigenvalue weighted by Gasteiger charge is 2.20. The first-order valence-electron chi connectivity index (χ1n) is 5.67. The highest BCUT2D eigenvalue weighted by atomic mass is 35.5. The molecule has 18 heavy (non-hydrogen) atoms. The maximum absolute atomic E-state index is 11.8. The quantitative estimate of drug-likeness (QED) is 0.872. The average Bonchev–Trinajstić information content (AvgIpc) is 2.84. The summed E-state index contributed by atoms with van der Waals surface area (Å²) in [5.74, 6) is 0.619. The molecule has 2 rings (SSSR count). The van der Waals surface area contributed by atoms with Crippen LogP contribution in [-0.4, -0.2) is 30.5 Å². The van der Waals surface area contributed by atoms with Crippen LogP contribution in [0.2, 0.25) is 5.02 Å². The van der Waals surface area contributed by atoms with E-state index in [1.54, 1.807) is 6.07 Å². The molecule has 2 N–H and O–H groups in total. The van der Waals surface area contributed by atoms with E-state index < -0.39 is 6.10 Å². The van der Waals surface area contributed by atoms with Crippen LogP contribution in [-0.2, 0) is 0 Å². The second-order valence-electron chi connectivity index (χ2n) is 3.96. The van der Waals surface area contributed by atoms with Gasteiger partial charge in [0.05, 0.1) is 11.1 Å². The van der Waals surface area contributed by atoms with Crippen LogP contribution in [0.4, 0.5) is 0 Å². The number of carbonyl (C=O) groups excluding carboxylic acids is 1. The lowest BCUT2D eigenvalue weighted by Gasteiger charge is -2.10. The lowest BCUT2D eigenvalue weighted by atomic mass is 10.2. The van der Waals surface area contributed by atoms with Gasteiger partial charge < -0.3 is 19.9 Å². The molecule has 0 fully saturated rings. The van der Waals surface area contributed by atoms with Crippen molar-refractivity contribution in [2.75, 3.05) is 13.3 Å². The Hall–Kier alpha value is -1.46. The fourth-order valence-electron chi connectivity index (χ4n) is 1.56. The van der Waals surface area contributed by atoms with Gasteiger partial charge in [-0.15, -0.1) is 0 Å². The highest BCUT2D eigenvalue weighted by molar-refractivity contribution is 6.32. The Morgan fingerprint density at radius 1 is 1.56 bits per heavy atom. The third-order valence-electron chi connectivity index (χ3n) is 2.66. The molecule has 1 aliphatic rings. The van der Waals surface area contributed by atoms with Crippen molar-refractivity contribution in [1.82, 2.24) is 5.32 Å². The normalized spacial score (nSPS) is 14.4. The summed E-state index contributed by atoms with van der Waals surface area (Å²) in [4.78, 5) is 11.8. The van der Waals surface area contributed by atoms with E-state index in [-0.39, 0.29) is 19.2 Å². The summed E-state index contributed by atoms with van der Waals surface area (Å²) in [6, 6.07) is 3.09. The molecular formula is C12H14ClNO4. The van der Waals surface area contributed by atoms with E-state index in [2.05, 4.69) is 5.32 Å². The highest BCUT2D eigenvalue weighted by Crippen LogP contribution is 2.39. The average molecular weight is 272 g/mol. The third kappa shape index (κ3) is 2.68. The molecule has 0 saturated heterocycles. The third-order valence-corrected chi connectivity index (χ3v) is 2.94. The summed E-state index contributed by atoms with van der Waals surface area (Å²) >= 11 is 5.97. The monoisotopic (exact) mass is 271 g/mol. The van der Waals surface area contributed by atoms with Crippen LogP contribution in [0.5, 0.6) is 11.5 Å². The van der Waals surface area contributed by atoms with E-state index in [4.69, 9.17) is 21.1 Å². The van der Waals surface area contributed by atoms with Gasteiger partial charge in [0.2, 0.25) is 6.79 Å². The molecule has 1 aliphatic heterocycles. The van der Waals surface area contributed by atoms with E-state index in [9.17, 15) is 9.90 Å². The lowest BCUT2D eigenvalue weighted by molar-refractivity contribution is 0.0913. The smallest absolute Gasteiger partial charge is 0.251 e. The molecule has 1 aromatic carbocycles. The van der Waals surface area contributed by atoms with Gasteiger partial charge in [0.25, 0.3) is 5.91 Å². The van der Waals surface area contributed by atoms with Gasteiger partial charge in [0.15, 0.2) is 11.5 Å². The molecule has 0 saturated carbocycles. The Labute approximate surface area is 110 Å². The van der Waals surface area contributed by atoms with Gasteiger partial charge in [-0.3, -0.25) is 4.79 Å². The molecule has 0 spiro atoms. The Morgan fingerprint density at radius 2 is 2.33 bits per heavy atom. The van der Waals surface area contributed by atoms with Gasteiger partial charge in [0.1, 0.15) is 0 Å². The molecule has 0 aromatic heterocycles. The molecule has 1 aromatic rings. The number of aliphatic hydroxyl groups is 1. The van der Waals surface area contributed by atoms with Crippen LogP contribution < -0.4 is 14.8 Å². The van der Waals surface area contributed by atoms with Crippen molar-refractivity contribution in [1.29, 1.82) is 0 Å². The number of amides is 1. The number of aliphatic hydroxyl groups excluding tert-OH is 1. The van der Waals surface area contributed by atoms with Crippen molar-refractivity contribution in [2.24, 2.45) is 0 Å². The fraction of sp³-hybridized carbons (Fsp3) is 0.417. The van der Waals surface area contributed by atoms with Crippen LogP contribution in [0.3, 0.4) is 0 Å². The maximum Gasteiger partial charge on any atom is 0.251 e. The van der Waals surface area contributed by atoms with E-state index in [1.807, 2.05) is 6.92 Å². The van der Waals surface area contributed by atoms with Crippen molar-refractivity contribution >= 4 is 17.5 Å². The fourth-order valence-corrected chi connectivity index (χ4v) is 1.82. The minimum atomic E-state index is -0.543. The molecule has 1 atom stereocenters. The number of rotatable bonds is 4. The van der Waals surface area contributed by atoms with Gasteiger partial charge in [-0.25, -0.2) is 0 Å². The Balaban J connectivity index is 2.09. The molecule has 0 bridgehead atoms. The number of halogens is 1. The first kappa shape index (κ1) is 13.0. The van der Waals surface area contributed by atoms with Gasteiger partial charge in [-0.1, -0.05) is 18.5 Å². The molecule has 1 amide bonds. The number of benzene rings is 1. The molecule has 98 valence electrons. The van der Waals surface area contributed by atoms with Gasteiger partial charge >= 0.3 is 0 Å². The summed E-state index contributed by atoms with van der Waals surface area (Å²) < 4.78 is 10.3. The van der Waals surface area contributed by atoms with Crippen LogP contribution in [0, 0.1) is 0 Å². The van der Waals surface area contributed by atoms with Gasteiger partial charge in [0, 0.05) is 12.1 Å². The van der Waals surface area contributed by atoms with E-state index in [0.29, 0.717) is 28.5 Å². The van der Waals surface area contributed by atoms with Crippen LogP contribution in [0.25, 0.3) is 0 Å². The minimum Gasteiger partial charge on any atom is -0.454 e. The molecule has 6 heteroatoms. The Kier molecular flexibility index (Phi) is 3.93. The van der Waals surface area contributed by atoms with E-state index in [0.717, 1.165) is 0 Å². The predicted octanol–water partition coefficient (Wildman–Crippen LogP) is 1.57. The first-order valence-corrected chi connectivity index (χ1v) is 6.05. The number of nitrogens with one attached hydrogen (secondary N) is 1. The van der Waals surface area contributed by atoms with Crippen molar-refractivity contribution in [3.05, 3.63) is 22.7 Å². The summed E-state index contributed by atoms with van der Waals surface area (Å²) in [7, 11) is 0. The second kappa shape index (κ2) is 5.46. The largest absolute Gasteiger partial charge is 0.454 e. The van der Waals surface area contributed by atoms with Gasteiger partial charge in [-0.2, -0.15) is 0 Å². The zero-order chi connectivity index (χ0) is 13.1. The van der Waals surface area contributed by atoms with Crippen LogP contribution >= 0.6 is 11.6 Å². The number of carbonyl (C=O) groups is 1. The Bertz CT molecular complexity index is 464. The maximum atomic E-state index is 11.8. The molecule has 1 unspecified atom stereocenters. The molecule has 1 heterocycles. The molecule has 0 aliphatic carbocycles. The summed E-state index contributed by atoms with van der Waals surface area (Å²) in [5, 5.41) is 12.3. The summed E-state index contributed by atoms with van der Waals surface area (Å²) in [6.07, 6.45) is 0.0424. The molecule has 5 nitrogen and oxygen atoms in total. The minimum absolute atomic E-state index is 0.106. The van der Waals surface area contributed by atoms with Crippen LogP contribution in [0.15, 0.2) is 12.1 Å².